The van der Waals surface area contributed by atoms with Crippen molar-refractivity contribution in [1.82, 2.24) is 10.6 Å². The van der Waals surface area contributed by atoms with Crippen LogP contribution in [0.25, 0.3) is 0 Å². The van der Waals surface area contributed by atoms with E-state index in [1.54, 1.807) is 11.4 Å². The number of carbonyl (C=O) groups is 2. The predicted octanol–water partition coefficient (Wildman–Crippen LogP) is 1.32. The van der Waals surface area contributed by atoms with Gasteiger partial charge < -0.3 is 10.6 Å². The van der Waals surface area contributed by atoms with E-state index in [-0.39, 0.29) is 24.1 Å². The van der Waals surface area contributed by atoms with Gasteiger partial charge in [-0.1, -0.05) is 0 Å². The van der Waals surface area contributed by atoms with Gasteiger partial charge in [0.15, 0.2) is 5.78 Å². The Morgan fingerprint density at radius 3 is 2.56 bits per heavy atom. The van der Waals surface area contributed by atoms with Crippen LogP contribution < -0.4 is 10.6 Å². The van der Waals surface area contributed by atoms with Crippen molar-refractivity contribution in [3.8, 4) is 0 Å². The lowest BCUT2D eigenvalue weighted by Gasteiger charge is -2.01. The summed E-state index contributed by atoms with van der Waals surface area (Å²) in [5.74, 6) is -0.136. The van der Waals surface area contributed by atoms with Crippen LogP contribution in [0.3, 0.4) is 0 Å². The molecule has 1 rings (SSSR count). The van der Waals surface area contributed by atoms with Crippen LogP contribution in [-0.2, 0) is 0 Å². The highest BCUT2D eigenvalue weighted by Crippen LogP contribution is 2.14. The van der Waals surface area contributed by atoms with Crippen molar-refractivity contribution >= 4 is 35.4 Å². The molecule has 0 aliphatic rings. The fraction of sp³-hybridized carbons (Fsp3) is 0.400. The highest BCUT2D eigenvalue weighted by atomic mass is 35.5. The summed E-state index contributed by atoms with van der Waals surface area (Å²) in [6, 6.07) is 1.63. The molecule has 0 bridgehead atoms. The number of hydrogen-bond donors (Lipinski definition) is 2. The van der Waals surface area contributed by atoms with E-state index in [2.05, 4.69) is 10.6 Å². The number of hydrogen-bond acceptors (Lipinski definition) is 4. The summed E-state index contributed by atoms with van der Waals surface area (Å²) in [7, 11) is 1.82. The van der Waals surface area contributed by atoms with E-state index in [0.29, 0.717) is 17.0 Å². The molecule has 4 nitrogen and oxygen atoms in total. The number of likely N-dealkylation sites (N-methyl/N-ethyl adjacent to an activating group) is 1. The second-order valence-corrected chi connectivity index (χ2v) is 4.03. The lowest BCUT2D eigenvalue weighted by molar-refractivity contribution is 0.0958. The van der Waals surface area contributed by atoms with Gasteiger partial charge in [-0.3, -0.25) is 9.59 Å². The molecule has 16 heavy (non-hydrogen) atoms. The summed E-state index contributed by atoms with van der Waals surface area (Å²) in [6.07, 6.45) is 0. The molecule has 0 radical (unpaired) electrons. The number of rotatable bonds is 5. The van der Waals surface area contributed by atoms with Gasteiger partial charge in [0.2, 0.25) is 0 Å². The summed E-state index contributed by atoms with van der Waals surface area (Å²) in [5, 5.41) is 7.39. The van der Waals surface area contributed by atoms with Crippen LogP contribution in [0, 0.1) is 0 Å². The van der Waals surface area contributed by atoms with E-state index >= 15 is 0 Å². The van der Waals surface area contributed by atoms with Crippen molar-refractivity contribution in [2.75, 3.05) is 20.1 Å². The summed E-state index contributed by atoms with van der Waals surface area (Å²) < 4.78 is 0. The van der Waals surface area contributed by atoms with Crippen molar-refractivity contribution in [2.45, 2.75) is 6.92 Å². The number of halogens is 1. The largest absolute Gasteiger partial charge is 0.350 e. The molecule has 1 amide bonds. The first-order valence-electron chi connectivity index (χ1n) is 4.67. The Morgan fingerprint density at radius 1 is 1.38 bits per heavy atom. The molecule has 2 N–H and O–H groups in total. The smallest absolute Gasteiger partial charge is 0.261 e. The Kier molecular flexibility index (Phi) is 6.96. The molecule has 6 heteroatoms. The van der Waals surface area contributed by atoms with Crippen molar-refractivity contribution in [1.29, 1.82) is 0 Å². The fourth-order valence-corrected chi connectivity index (χ4v) is 1.89. The Hall–Kier alpha value is -0.910. The maximum absolute atomic E-state index is 11.5. The quantitative estimate of drug-likeness (QED) is 0.622. The van der Waals surface area contributed by atoms with Gasteiger partial charge in [0.25, 0.3) is 5.91 Å². The van der Waals surface area contributed by atoms with Gasteiger partial charge in [0.1, 0.15) is 0 Å². The molecule has 90 valence electrons. The third-order valence-corrected chi connectivity index (χ3v) is 2.82. The molecule has 0 aromatic carbocycles. The zero-order valence-corrected chi connectivity index (χ0v) is 10.8. The van der Waals surface area contributed by atoms with Crippen LogP contribution in [0.15, 0.2) is 11.4 Å². The first kappa shape index (κ1) is 15.1. The van der Waals surface area contributed by atoms with Crippen LogP contribution in [0.2, 0.25) is 0 Å². The van der Waals surface area contributed by atoms with E-state index in [1.165, 1.54) is 18.3 Å². The minimum atomic E-state index is -0.122. The SMILES string of the molecule is CNCCNC(=O)c1cc(C(C)=O)cs1.Cl. The molecule has 0 saturated heterocycles. The third-order valence-electron chi connectivity index (χ3n) is 1.89. The van der Waals surface area contributed by atoms with Crippen molar-refractivity contribution < 1.29 is 9.59 Å². The Bertz CT molecular complexity index is 365. The Labute approximate surface area is 105 Å². The molecule has 1 aromatic heterocycles. The minimum absolute atomic E-state index is 0. The van der Waals surface area contributed by atoms with Gasteiger partial charge in [-0.15, -0.1) is 23.7 Å². The normalized spacial score (nSPS) is 9.38. The van der Waals surface area contributed by atoms with Gasteiger partial charge >= 0.3 is 0 Å². The van der Waals surface area contributed by atoms with Crippen LogP contribution in [0.4, 0.5) is 0 Å². The second-order valence-electron chi connectivity index (χ2n) is 3.12. The zero-order chi connectivity index (χ0) is 11.3. The number of amides is 1. The lowest BCUT2D eigenvalue weighted by atomic mass is 10.2. The van der Waals surface area contributed by atoms with Gasteiger partial charge in [-0.2, -0.15) is 0 Å². The average Bonchev–Trinajstić information content (AvgIpc) is 2.66. The highest BCUT2D eigenvalue weighted by Gasteiger charge is 2.10. The van der Waals surface area contributed by atoms with E-state index in [4.69, 9.17) is 0 Å². The van der Waals surface area contributed by atoms with E-state index in [0.717, 1.165) is 6.54 Å². The summed E-state index contributed by atoms with van der Waals surface area (Å²) in [4.78, 5) is 23.1. The number of Topliss-reactive ketones (excluding diaryl/α,β-unsaturated/α-hetero) is 1. The number of carbonyl (C=O) groups excluding carboxylic acids is 2. The number of nitrogens with one attached hydrogen (secondary N) is 2. The van der Waals surface area contributed by atoms with Gasteiger partial charge in [-0.25, -0.2) is 0 Å². The third kappa shape index (κ3) is 4.30. The second kappa shape index (κ2) is 7.38. The van der Waals surface area contributed by atoms with Crippen LogP contribution in [-0.4, -0.2) is 31.8 Å². The molecular weight excluding hydrogens is 248 g/mol. The lowest BCUT2D eigenvalue weighted by Crippen LogP contribution is -2.29. The maximum Gasteiger partial charge on any atom is 0.261 e. The first-order chi connectivity index (χ1) is 7.15. The monoisotopic (exact) mass is 262 g/mol. The summed E-state index contributed by atoms with van der Waals surface area (Å²) in [6.45, 7) is 2.81. The molecular formula is C10H15ClN2O2S. The van der Waals surface area contributed by atoms with E-state index in [9.17, 15) is 9.59 Å². The van der Waals surface area contributed by atoms with Gasteiger partial charge in [0, 0.05) is 24.0 Å². The standard InChI is InChI=1S/C10H14N2O2S.ClH/c1-7(13)8-5-9(15-6-8)10(14)12-4-3-11-2;/h5-6,11H,3-4H2,1-2H3,(H,12,14);1H. The van der Waals surface area contributed by atoms with Gasteiger partial charge in [0.05, 0.1) is 4.88 Å². The van der Waals surface area contributed by atoms with Crippen molar-refractivity contribution in [3.05, 3.63) is 21.9 Å². The summed E-state index contributed by atoms with van der Waals surface area (Å²) in [5.41, 5.74) is 0.596. The maximum atomic E-state index is 11.5. The van der Waals surface area contributed by atoms with E-state index in [1.807, 2.05) is 7.05 Å². The molecule has 0 unspecified atom stereocenters. The number of thiophene rings is 1. The van der Waals surface area contributed by atoms with Crippen LogP contribution in [0.5, 0.6) is 0 Å². The molecule has 0 saturated carbocycles. The molecule has 0 aliphatic carbocycles. The predicted molar refractivity (Wildman–Crippen MR) is 67.8 cm³/mol. The topological polar surface area (TPSA) is 58.2 Å². The molecule has 0 atom stereocenters. The van der Waals surface area contributed by atoms with Crippen molar-refractivity contribution in [3.63, 3.8) is 0 Å². The van der Waals surface area contributed by atoms with Crippen LogP contribution >= 0.6 is 23.7 Å². The number of ketones is 1. The van der Waals surface area contributed by atoms with E-state index < -0.39 is 0 Å². The minimum Gasteiger partial charge on any atom is -0.350 e. The molecule has 0 fully saturated rings. The molecule has 0 aliphatic heterocycles. The highest BCUT2D eigenvalue weighted by molar-refractivity contribution is 7.12. The fourth-order valence-electron chi connectivity index (χ4n) is 1.03. The van der Waals surface area contributed by atoms with Gasteiger partial charge in [-0.05, 0) is 20.0 Å². The first-order valence-corrected chi connectivity index (χ1v) is 5.55. The molecule has 1 aromatic rings. The summed E-state index contributed by atoms with van der Waals surface area (Å²) >= 11 is 1.29. The van der Waals surface area contributed by atoms with Crippen LogP contribution in [0.1, 0.15) is 27.0 Å². The van der Waals surface area contributed by atoms with Crippen molar-refractivity contribution in [2.24, 2.45) is 0 Å². The Balaban J connectivity index is 0.00000225. The zero-order valence-electron chi connectivity index (χ0n) is 9.20. The molecule has 0 spiro atoms. The Morgan fingerprint density at radius 2 is 2.06 bits per heavy atom. The average molecular weight is 263 g/mol. The molecule has 1 heterocycles.